The summed E-state index contributed by atoms with van der Waals surface area (Å²) in [5.74, 6) is -1.34. The zero-order valence-corrected chi connectivity index (χ0v) is 19.5. The SMILES string of the molecule is CCOC(=O)CN1C(=O)C(NC(=O)[C@H](Cc2ccccc2)SC(C)=O)CCc2ccncc21. The summed E-state index contributed by atoms with van der Waals surface area (Å²) in [5.41, 5.74) is 2.31. The molecule has 33 heavy (non-hydrogen) atoms. The van der Waals surface area contributed by atoms with Crippen LogP contribution in [0.5, 0.6) is 0 Å². The standard InChI is InChI=1S/C24H27N3O5S/c1-3-32-22(29)15-27-20-14-25-12-11-18(20)9-10-19(24(27)31)26-23(30)21(33-16(2)28)13-17-7-5-4-6-8-17/h4-8,11-12,14,19,21H,3,9-10,13,15H2,1-2H3,(H,26,30)/t19?,21-/m0/s1. The number of pyridine rings is 1. The lowest BCUT2D eigenvalue weighted by Crippen LogP contribution is -2.51. The Labute approximate surface area is 197 Å². The predicted molar refractivity (Wildman–Crippen MR) is 126 cm³/mol. The van der Waals surface area contributed by atoms with E-state index in [1.54, 1.807) is 25.4 Å². The largest absolute Gasteiger partial charge is 0.465 e. The maximum atomic E-state index is 13.4. The smallest absolute Gasteiger partial charge is 0.326 e. The fourth-order valence-electron chi connectivity index (χ4n) is 3.71. The van der Waals surface area contributed by atoms with E-state index < -0.39 is 29.1 Å². The van der Waals surface area contributed by atoms with Crippen molar-refractivity contribution in [3.05, 3.63) is 59.9 Å². The number of anilines is 1. The van der Waals surface area contributed by atoms with Gasteiger partial charge in [-0.1, -0.05) is 42.1 Å². The molecule has 1 aliphatic rings. The lowest BCUT2D eigenvalue weighted by molar-refractivity contribution is -0.142. The molecule has 0 saturated carbocycles. The third kappa shape index (κ3) is 6.64. The zero-order chi connectivity index (χ0) is 23.8. The minimum Gasteiger partial charge on any atom is -0.465 e. The van der Waals surface area contributed by atoms with E-state index in [4.69, 9.17) is 4.74 Å². The average Bonchev–Trinajstić information content (AvgIpc) is 2.91. The Hall–Kier alpha value is -3.20. The van der Waals surface area contributed by atoms with Crippen LogP contribution in [0.25, 0.3) is 0 Å². The van der Waals surface area contributed by atoms with Crippen molar-refractivity contribution in [2.75, 3.05) is 18.1 Å². The van der Waals surface area contributed by atoms with Crippen molar-refractivity contribution in [3.8, 4) is 0 Å². The molecular weight excluding hydrogens is 442 g/mol. The number of aromatic nitrogens is 1. The van der Waals surface area contributed by atoms with Crippen molar-refractivity contribution >= 4 is 40.3 Å². The molecule has 0 saturated heterocycles. The van der Waals surface area contributed by atoms with Gasteiger partial charge >= 0.3 is 5.97 Å². The fraction of sp³-hybridized carbons (Fsp3) is 0.375. The van der Waals surface area contributed by atoms with Gasteiger partial charge < -0.3 is 10.1 Å². The molecule has 1 N–H and O–H groups in total. The first kappa shape index (κ1) is 24.4. The summed E-state index contributed by atoms with van der Waals surface area (Å²) in [7, 11) is 0. The predicted octanol–water partition coefficient (Wildman–Crippen LogP) is 2.30. The zero-order valence-electron chi connectivity index (χ0n) is 18.7. The Morgan fingerprint density at radius 3 is 2.70 bits per heavy atom. The molecule has 0 aliphatic carbocycles. The maximum absolute atomic E-state index is 13.4. The number of hydrogen-bond donors (Lipinski definition) is 1. The van der Waals surface area contributed by atoms with Crippen LogP contribution in [-0.4, -0.2) is 52.3 Å². The number of carbonyl (C=O) groups is 4. The number of benzene rings is 1. The molecule has 0 fully saturated rings. The van der Waals surface area contributed by atoms with E-state index >= 15 is 0 Å². The van der Waals surface area contributed by atoms with Crippen molar-refractivity contribution in [2.24, 2.45) is 0 Å². The number of amides is 2. The highest BCUT2D eigenvalue weighted by Crippen LogP contribution is 2.27. The van der Waals surface area contributed by atoms with Gasteiger partial charge in [0.1, 0.15) is 12.6 Å². The van der Waals surface area contributed by atoms with E-state index in [-0.39, 0.29) is 18.3 Å². The van der Waals surface area contributed by atoms with Crippen LogP contribution in [0.1, 0.15) is 31.4 Å². The molecule has 0 radical (unpaired) electrons. The number of rotatable bonds is 8. The molecule has 0 spiro atoms. The van der Waals surface area contributed by atoms with Crippen molar-refractivity contribution in [1.29, 1.82) is 0 Å². The Bertz CT molecular complexity index is 1010. The van der Waals surface area contributed by atoms with Gasteiger partial charge in [0, 0.05) is 13.1 Å². The molecule has 0 bridgehead atoms. The molecular formula is C24H27N3O5S. The maximum Gasteiger partial charge on any atom is 0.326 e. The number of carbonyl (C=O) groups excluding carboxylic acids is 4. The van der Waals surface area contributed by atoms with E-state index in [0.29, 0.717) is 24.9 Å². The summed E-state index contributed by atoms with van der Waals surface area (Å²) in [4.78, 5) is 55.9. The van der Waals surface area contributed by atoms with Gasteiger partial charge in [-0.3, -0.25) is 29.1 Å². The van der Waals surface area contributed by atoms with E-state index in [1.807, 2.05) is 30.3 Å². The lowest BCUT2D eigenvalue weighted by Gasteiger charge is -2.26. The highest BCUT2D eigenvalue weighted by molar-refractivity contribution is 8.14. The monoisotopic (exact) mass is 469 g/mol. The second-order valence-corrected chi connectivity index (χ2v) is 9.00. The quantitative estimate of drug-likeness (QED) is 0.592. The van der Waals surface area contributed by atoms with Crippen LogP contribution in [0.3, 0.4) is 0 Å². The van der Waals surface area contributed by atoms with E-state index in [1.165, 1.54) is 11.8 Å². The molecule has 1 aromatic heterocycles. The summed E-state index contributed by atoms with van der Waals surface area (Å²) in [5, 5.41) is 1.97. The first-order valence-electron chi connectivity index (χ1n) is 10.8. The molecule has 2 heterocycles. The van der Waals surface area contributed by atoms with Crippen molar-refractivity contribution in [2.45, 2.75) is 44.4 Å². The summed E-state index contributed by atoms with van der Waals surface area (Å²) in [6.45, 7) is 3.04. The summed E-state index contributed by atoms with van der Waals surface area (Å²) < 4.78 is 5.03. The number of thioether (sulfide) groups is 1. The van der Waals surface area contributed by atoms with Crippen LogP contribution in [0.15, 0.2) is 48.8 Å². The molecule has 3 rings (SSSR count). The summed E-state index contributed by atoms with van der Waals surface area (Å²) in [6, 6.07) is 10.4. The topological polar surface area (TPSA) is 106 Å². The third-order valence-electron chi connectivity index (χ3n) is 5.22. The molecule has 9 heteroatoms. The van der Waals surface area contributed by atoms with Gasteiger partial charge in [0.25, 0.3) is 0 Å². The molecule has 2 amide bonds. The van der Waals surface area contributed by atoms with Gasteiger partial charge in [0.15, 0.2) is 5.12 Å². The molecule has 1 unspecified atom stereocenters. The fourth-order valence-corrected chi connectivity index (χ4v) is 4.56. The summed E-state index contributed by atoms with van der Waals surface area (Å²) >= 11 is 0.943. The van der Waals surface area contributed by atoms with E-state index in [0.717, 1.165) is 22.9 Å². The Morgan fingerprint density at radius 1 is 1.24 bits per heavy atom. The van der Waals surface area contributed by atoms with E-state index in [2.05, 4.69) is 10.3 Å². The van der Waals surface area contributed by atoms with Crippen LogP contribution in [-0.2, 0) is 36.8 Å². The second-order valence-electron chi connectivity index (χ2n) is 7.62. The normalized spacial score (nSPS) is 16.4. The van der Waals surface area contributed by atoms with Gasteiger partial charge in [-0.05, 0) is 43.4 Å². The van der Waals surface area contributed by atoms with Gasteiger partial charge in [-0.25, -0.2) is 0 Å². The molecule has 2 aromatic rings. The van der Waals surface area contributed by atoms with Crippen LogP contribution >= 0.6 is 11.8 Å². The minimum absolute atomic E-state index is 0.180. The number of nitrogens with one attached hydrogen (secondary N) is 1. The Kier molecular flexibility index (Phi) is 8.59. The molecule has 1 aliphatic heterocycles. The number of aryl methyl sites for hydroxylation is 1. The molecule has 8 nitrogen and oxygen atoms in total. The number of nitrogens with zero attached hydrogens (tertiary/aromatic N) is 2. The average molecular weight is 470 g/mol. The van der Waals surface area contributed by atoms with Gasteiger partial charge in [0.05, 0.1) is 23.7 Å². The lowest BCUT2D eigenvalue weighted by atomic mass is 10.1. The van der Waals surface area contributed by atoms with Gasteiger partial charge in [-0.15, -0.1) is 0 Å². The molecule has 2 atom stereocenters. The Morgan fingerprint density at radius 2 is 2.00 bits per heavy atom. The van der Waals surface area contributed by atoms with Gasteiger partial charge in [0.2, 0.25) is 11.8 Å². The Balaban J connectivity index is 1.80. The molecule has 174 valence electrons. The van der Waals surface area contributed by atoms with Crippen LogP contribution in [0, 0.1) is 0 Å². The van der Waals surface area contributed by atoms with E-state index in [9.17, 15) is 19.2 Å². The van der Waals surface area contributed by atoms with Crippen LogP contribution < -0.4 is 10.2 Å². The highest BCUT2D eigenvalue weighted by Gasteiger charge is 2.34. The number of ether oxygens (including phenoxy) is 1. The first-order valence-corrected chi connectivity index (χ1v) is 11.7. The third-order valence-corrected chi connectivity index (χ3v) is 6.22. The highest BCUT2D eigenvalue weighted by atomic mass is 32.2. The van der Waals surface area contributed by atoms with Crippen molar-refractivity contribution in [1.82, 2.24) is 10.3 Å². The minimum atomic E-state index is -0.842. The number of hydrogen-bond acceptors (Lipinski definition) is 7. The first-order chi connectivity index (χ1) is 15.9. The number of esters is 1. The van der Waals surface area contributed by atoms with Crippen LogP contribution in [0.4, 0.5) is 5.69 Å². The number of fused-ring (bicyclic) bond motifs is 1. The van der Waals surface area contributed by atoms with Crippen molar-refractivity contribution in [3.63, 3.8) is 0 Å². The second kappa shape index (κ2) is 11.6. The summed E-state index contributed by atoms with van der Waals surface area (Å²) in [6.07, 6.45) is 4.42. The van der Waals surface area contributed by atoms with Crippen LogP contribution in [0.2, 0.25) is 0 Å². The van der Waals surface area contributed by atoms with Gasteiger partial charge in [-0.2, -0.15) is 0 Å². The van der Waals surface area contributed by atoms with Crippen molar-refractivity contribution < 1.29 is 23.9 Å². The molecule has 1 aromatic carbocycles.